The smallest absolute Gasteiger partial charge is 0.336 e. The third kappa shape index (κ3) is 2.96. The van der Waals surface area contributed by atoms with Crippen LogP contribution in [0.15, 0.2) is 36.4 Å². The molecule has 0 aromatic heterocycles. The molecule has 0 aliphatic heterocycles. The van der Waals surface area contributed by atoms with Crippen molar-refractivity contribution in [2.24, 2.45) is 0 Å². The van der Waals surface area contributed by atoms with Crippen molar-refractivity contribution >= 4 is 5.97 Å². The van der Waals surface area contributed by atoms with E-state index < -0.39 is 11.8 Å². The van der Waals surface area contributed by atoms with Crippen LogP contribution in [0.5, 0.6) is 5.75 Å². The van der Waals surface area contributed by atoms with Gasteiger partial charge < -0.3 is 9.84 Å². The summed E-state index contributed by atoms with van der Waals surface area (Å²) < 4.78 is 18.9. The Bertz CT molecular complexity index is 650. The van der Waals surface area contributed by atoms with Crippen LogP contribution in [-0.4, -0.2) is 11.1 Å². The Morgan fingerprint density at radius 2 is 2.00 bits per heavy atom. The number of rotatable bonds is 4. The van der Waals surface area contributed by atoms with Crippen molar-refractivity contribution in [2.75, 3.05) is 0 Å². The molecule has 0 fully saturated rings. The lowest BCUT2D eigenvalue weighted by Crippen LogP contribution is -2.06. The van der Waals surface area contributed by atoms with Gasteiger partial charge in [0.25, 0.3) is 0 Å². The fourth-order valence-corrected chi connectivity index (χ4v) is 1.93. The average Bonchev–Trinajstić information content (AvgIpc) is 2.40. The van der Waals surface area contributed by atoms with Gasteiger partial charge in [-0.05, 0) is 49.2 Å². The van der Waals surface area contributed by atoms with Gasteiger partial charge in [-0.15, -0.1) is 0 Å². The van der Waals surface area contributed by atoms with Crippen LogP contribution in [0.3, 0.4) is 0 Å². The standard InChI is InChI=1S/C16H15FO3/c1-10-4-3-5-15(11(10)2)20-9-12-8-13(17)6-7-14(12)16(18)19/h3-8H,9H2,1-2H3,(H,18,19). The van der Waals surface area contributed by atoms with Gasteiger partial charge in [-0.25, -0.2) is 9.18 Å². The number of carboxylic acid groups (broad SMARTS) is 1. The van der Waals surface area contributed by atoms with Crippen LogP contribution in [0.25, 0.3) is 0 Å². The van der Waals surface area contributed by atoms with E-state index in [1.807, 2.05) is 32.0 Å². The Morgan fingerprint density at radius 3 is 2.70 bits per heavy atom. The minimum absolute atomic E-state index is 0.0175. The first-order valence-corrected chi connectivity index (χ1v) is 6.20. The molecular weight excluding hydrogens is 259 g/mol. The predicted octanol–water partition coefficient (Wildman–Crippen LogP) is 3.72. The normalized spacial score (nSPS) is 10.3. The van der Waals surface area contributed by atoms with Crippen molar-refractivity contribution in [3.63, 3.8) is 0 Å². The summed E-state index contributed by atoms with van der Waals surface area (Å²) in [5.41, 5.74) is 2.44. The summed E-state index contributed by atoms with van der Waals surface area (Å²) in [4.78, 5) is 11.1. The minimum Gasteiger partial charge on any atom is -0.489 e. The number of aromatic carboxylic acids is 1. The van der Waals surface area contributed by atoms with Crippen LogP contribution in [-0.2, 0) is 6.61 Å². The third-order valence-electron chi connectivity index (χ3n) is 3.24. The van der Waals surface area contributed by atoms with Crippen molar-refractivity contribution in [3.8, 4) is 5.75 Å². The molecule has 0 spiro atoms. The molecule has 0 saturated heterocycles. The summed E-state index contributed by atoms with van der Waals surface area (Å²) in [5, 5.41) is 9.07. The van der Waals surface area contributed by atoms with Crippen molar-refractivity contribution in [3.05, 3.63) is 64.5 Å². The van der Waals surface area contributed by atoms with E-state index in [1.165, 1.54) is 12.1 Å². The molecule has 0 saturated carbocycles. The summed E-state index contributed by atoms with van der Waals surface area (Å²) in [6.45, 7) is 3.91. The van der Waals surface area contributed by atoms with Gasteiger partial charge >= 0.3 is 5.97 Å². The molecular formula is C16H15FO3. The summed E-state index contributed by atoms with van der Waals surface area (Å²) >= 11 is 0. The number of benzene rings is 2. The lowest BCUT2D eigenvalue weighted by atomic mass is 10.1. The maximum absolute atomic E-state index is 13.2. The second-order valence-corrected chi connectivity index (χ2v) is 4.59. The maximum atomic E-state index is 13.2. The zero-order chi connectivity index (χ0) is 14.7. The summed E-state index contributed by atoms with van der Waals surface area (Å²) in [6, 6.07) is 9.20. The molecule has 0 aliphatic rings. The van der Waals surface area contributed by atoms with Crippen molar-refractivity contribution in [2.45, 2.75) is 20.5 Å². The molecule has 2 aromatic carbocycles. The number of carboxylic acids is 1. The van der Waals surface area contributed by atoms with E-state index in [2.05, 4.69) is 0 Å². The fourth-order valence-electron chi connectivity index (χ4n) is 1.93. The molecule has 0 bridgehead atoms. The van der Waals surface area contributed by atoms with Gasteiger partial charge in [-0.1, -0.05) is 12.1 Å². The molecule has 0 aliphatic carbocycles. The average molecular weight is 274 g/mol. The van der Waals surface area contributed by atoms with E-state index in [0.29, 0.717) is 11.3 Å². The van der Waals surface area contributed by atoms with Crippen molar-refractivity contribution < 1.29 is 19.0 Å². The zero-order valence-corrected chi connectivity index (χ0v) is 11.3. The number of hydrogen-bond acceptors (Lipinski definition) is 2. The number of hydrogen-bond donors (Lipinski definition) is 1. The van der Waals surface area contributed by atoms with Crippen LogP contribution in [0.1, 0.15) is 27.0 Å². The lowest BCUT2D eigenvalue weighted by Gasteiger charge is -2.12. The SMILES string of the molecule is Cc1cccc(OCc2cc(F)ccc2C(=O)O)c1C. The molecule has 3 nitrogen and oxygen atoms in total. The van der Waals surface area contributed by atoms with Gasteiger partial charge in [-0.3, -0.25) is 0 Å². The molecule has 4 heteroatoms. The largest absolute Gasteiger partial charge is 0.489 e. The Kier molecular flexibility index (Phi) is 4.03. The second kappa shape index (κ2) is 5.74. The predicted molar refractivity (Wildman–Crippen MR) is 73.6 cm³/mol. The van der Waals surface area contributed by atoms with Crippen LogP contribution < -0.4 is 4.74 Å². The molecule has 2 rings (SSSR count). The summed E-state index contributed by atoms with van der Waals surface area (Å²) in [5.74, 6) is -0.898. The molecule has 0 atom stereocenters. The minimum atomic E-state index is -1.09. The molecule has 0 heterocycles. The Hall–Kier alpha value is -2.36. The van der Waals surface area contributed by atoms with Crippen LogP contribution in [0.4, 0.5) is 4.39 Å². The van der Waals surface area contributed by atoms with Crippen LogP contribution in [0.2, 0.25) is 0 Å². The topological polar surface area (TPSA) is 46.5 Å². The second-order valence-electron chi connectivity index (χ2n) is 4.59. The number of halogens is 1. The van der Waals surface area contributed by atoms with Crippen LogP contribution >= 0.6 is 0 Å². The van der Waals surface area contributed by atoms with Gasteiger partial charge in [0.05, 0.1) is 5.56 Å². The molecule has 1 N–H and O–H groups in total. The van der Waals surface area contributed by atoms with Gasteiger partial charge in [0.1, 0.15) is 18.2 Å². The van der Waals surface area contributed by atoms with E-state index in [0.717, 1.165) is 17.2 Å². The van der Waals surface area contributed by atoms with E-state index in [4.69, 9.17) is 9.84 Å². The maximum Gasteiger partial charge on any atom is 0.336 e. The highest BCUT2D eigenvalue weighted by atomic mass is 19.1. The first-order chi connectivity index (χ1) is 9.49. The zero-order valence-electron chi connectivity index (χ0n) is 11.3. The van der Waals surface area contributed by atoms with Crippen molar-refractivity contribution in [1.29, 1.82) is 0 Å². The monoisotopic (exact) mass is 274 g/mol. The quantitative estimate of drug-likeness (QED) is 0.924. The first-order valence-electron chi connectivity index (χ1n) is 6.20. The van der Waals surface area contributed by atoms with Crippen LogP contribution in [0, 0.1) is 19.7 Å². The molecule has 0 unspecified atom stereocenters. The molecule has 0 amide bonds. The number of ether oxygens (including phenoxy) is 1. The molecule has 104 valence electrons. The van der Waals surface area contributed by atoms with Gasteiger partial charge in [-0.2, -0.15) is 0 Å². The van der Waals surface area contributed by atoms with Gasteiger partial charge in [0, 0.05) is 5.56 Å². The molecule has 0 radical (unpaired) electrons. The highest BCUT2D eigenvalue weighted by molar-refractivity contribution is 5.89. The van der Waals surface area contributed by atoms with Crippen molar-refractivity contribution in [1.82, 2.24) is 0 Å². The number of carbonyl (C=O) groups is 1. The molecule has 20 heavy (non-hydrogen) atoms. The third-order valence-corrected chi connectivity index (χ3v) is 3.24. The number of aryl methyl sites for hydroxylation is 1. The van der Waals surface area contributed by atoms with E-state index in [9.17, 15) is 9.18 Å². The van der Waals surface area contributed by atoms with E-state index in [1.54, 1.807) is 0 Å². The van der Waals surface area contributed by atoms with E-state index in [-0.39, 0.29) is 12.2 Å². The first kappa shape index (κ1) is 14.1. The summed E-state index contributed by atoms with van der Waals surface area (Å²) in [7, 11) is 0. The fraction of sp³-hybridized carbons (Fsp3) is 0.188. The lowest BCUT2D eigenvalue weighted by molar-refractivity contribution is 0.0694. The summed E-state index contributed by atoms with van der Waals surface area (Å²) in [6.07, 6.45) is 0. The molecule has 2 aromatic rings. The van der Waals surface area contributed by atoms with E-state index >= 15 is 0 Å². The Morgan fingerprint density at radius 1 is 1.25 bits per heavy atom. The Labute approximate surface area is 116 Å². The highest BCUT2D eigenvalue weighted by Crippen LogP contribution is 2.22. The van der Waals surface area contributed by atoms with Gasteiger partial charge in [0.15, 0.2) is 0 Å². The Balaban J connectivity index is 2.24. The van der Waals surface area contributed by atoms with Gasteiger partial charge in [0.2, 0.25) is 0 Å². The highest BCUT2D eigenvalue weighted by Gasteiger charge is 2.12.